The van der Waals surface area contributed by atoms with Gasteiger partial charge in [0.2, 0.25) is 10.0 Å². The highest BCUT2D eigenvalue weighted by molar-refractivity contribution is 8.06. The van der Waals surface area contributed by atoms with Crippen LogP contribution in [0.1, 0.15) is 25.0 Å². The second-order valence-corrected chi connectivity index (χ2v) is 9.24. The third-order valence-corrected chi connectivity index (χ3v) is 7.59. The van der Waals surface area contributed by atoms with E-state index in [0.29, 0.717) is 23.8 Å². The molecule has 0 amide bonds. The van der Waals surface area contributed by atoms with E-state index in [4.69, 9.17) is 0 Å². The Morgan fingerprint density at radius 2 is 2.24 bits per heavy atom. The molecule has 0 bridgehead atoms. The van der Waals surface area contributed by atoms with Crippen LogP contribution in [0.4, 0.5) is 0 Å². The minimum Gasteiger partial charge on any atom is -0.388 e. The van der Waals surface area contributed by atoms with Crippen molar-refractivity contribution in [1.29, 1.82) is 0 Å². The maximum absolute atomic E-state index is 12.3. The summed E-state index contributed by atoms with van der Waals surface area (Å²) in [6.07, 6.45) is -0.0576. The van der Waals surface area contributed by atoms with Gasteiger partial charge < -0.3 is 5.11 Å². The van der Waals surface area contributed by atoms with Gasteiger partial charge in [0.1, 0.15) is 0 Å². The van der Waals surface area contributed by atoms with E-state index >= 15 is 0 Å². The van der Waals surface area contributed by atoms with E-state index < -0.39 is 16.1 Å². The van der Waals surface area contributed by atoms with Crippen LogP contribution in [0.5, 0.6) is 0 Å². The number of hydrogen-bond acceptors (Lipinski definition) is 5. The van der Waals surface area contributed by atoms with Gasteiger partial charge in [-0.1, -0.05) is 19.1 Å². The zero-order valence-corrected chi connectivity index (χ0v) is 14.4. The van der Waals surface area contributed by atoms with Crippen LogP contribution in [0.3, 0.4) is 0 Å². The molecule has 2 rings (SSSR count). The number of hydrogen-bond donors (Lipinski definition) is 2. The van der Waals surface area contributed by atoms with Gasteiger partial charge in [0.05, 0.1) is 11.0 Å². The van der Waals surface area contributed by atoms with Gasteiger partial charge in [0.25, 0.3) is 0 Å². The Hall–Kier alpha value is -0.210. The Labute approximate surface area is 135 Å². The first kappa shape index (κ1) is 17.1. The van der Waals surface area contributed by atoms with E-state index in [-0.39, 0.29) is 4.90 Å². The van der Waals surface area contributed by atoms with Crippen molar-refractivity contribution in [3.05, 3.63) is 29.8 Å². The van der Waals surface area contributed by atoms with Crippen LogP contribution >= 0.6 is 23.5 Å². The molecule has 0 spiro atoms. The number of sulfonamides is 1. The fraction of sp³-hybridized carbons (Fsp3) is 0.571. The SMILES string of the molecule is CCC(O)c1cccc(S(=O)(=O)NCC2CSCCS2)c1. The van der Waals surface area contributed by atoms with Crippen molar-refractivity contribution >= 4 is 33.5 Å². The summed E-state index contributed by atoms with van der Waals surface area (Å²) in [6, 6.07) is 6.55. The Morgan fingerprint density at radius 3 is 2.90 bits per heavy atom. The molecule has 0 saturated carbocycles. The van der Waals surface area contributed by atoms with E-state index in [0.717, 1.165) is 17.3 Å². The number of aliphatic hydroxyl groups excluding tert-OH is 1. The second kappa shape index (κ2) is 7.87. The number of aliphatic hydroxyl groups is 1. The van der Waals surface area contributed by atoms with Gasteiger partial charge in [0, 0.05) is 29.1 Å². The fourth-order valence-corrected chi connectivity index (χ4v) is 5.92. The normalized spacial score (nSPS) is 21.1. The average molecular weight is 348 g/mol. The van der Waals surface area contributed by atoms with E-state index in [1.807, 2.05) is 30.4 Å². The van der Waals surface area contributed by atoms with Crippen LogP contribution in [-0.2, 0) is 10.0 Å². The molecule has 0 radical (unpaired) electrons. The number of rotatable bonds is 6. The maximum Gasteiger partial charge on any atom is 0.240 e. The van der Waals surface area contributed by atoms with Crippen molar-refractivity contribution in [3.8, 4) is 0 Å². The van der Waals surface area contributed by atoms with Crippen LogP contribution in [-0.4, -0.2) is 42.6 Å². The van der Waals surface area contributed by atoms with Gasteiger partial charge in [-0.05, 0) is 24.1 Å². The van der Waals surface area contributed by atoms with Gasteiger partial charge in [-0.3, -0.25) is 0 Å². The Kier molecular flexibility index (Phi) is 6.43. The Morgan fingerprint density at radius 1 is 1.43 bits per heavy atom. The van der Waals surface area contributed by atoms with E-state index in [9.17, 15) is 13.5 Å². The highest BCUT2D eigenvalue weighted by Gasteiger charge is 2.20. The third-order valence-electron chi connectivity index (χ3n) is 3.33. The Balaban J connectivity index is 2.04. The fourth-order valence-electron chi connectivity index (χ4n) is 2.07. The summed E-state index contributed by atoms with van der Waals surface area (Å²) in [7, 11) is -3.51. The molecule has 1 aliphatic rings. The number of nitrogens with one attached hydrogen (secondary N) is 1. The molecule has 4 nitrogen and oxygen atoms in total. The summed E-state index contributed by atoms with van der Waals surface area (Å²) in [5.74, 6) is 3.21. The molecule has 1 aliphatic heterocycles. The second-order valence-electron chi connectivity index (χ2n) is 4.92. The lowest BCUT2D eigenvalue weighted by Crippen LogP contribution is -2.33. The van der Waals surface area contributed by atoms with E-state index in [2.05, 4.69) is 4.72 Å². The molecule has 1 heterocycles. The van der Waals surface area contributed by atoms with Crippen molar-refractivity contribution in [2.45, 2.75) is 29.6 Å². The highest BCUT2D eigenvalue weighted by atomic mass is 32.2. The molecular formula is C14H21NO3S3. The van der Waals surface area contributed by atoms with Crippen LogP contribution in [0.25, 0.3) is 0 Å². The van der Waals surface area contributed by atoms with E-state index in [1.165, 1.54) is 0 Å². The van der Waals surface area contributed by atoms with Crippen molar-refractivity contribution in [2.24, 2.45) is 0 Å². The predicted octanol–water partition coefficient (Wildman–Crippen LogP) is 2.26. The molecule has 7 heteroatoms. The topological polar surface area (TPSA) is 66.4 Å². The number of benzene rings is 1. The zero-order valence-electron chi connectivity index (χ0n) is 12.0. The first-order chi connectivity index (χ1) is 10.0. The minimum atomic E-state index is -3.51. The van der Waals surface area contributed by atoms with Crippen LogP contribution < -0.4 is 4.72 Å². The molecule has 1 fully saturated rings. The summed E-state index contributed by atoms with van der Waals surface area (Å²) in [5.41, 5.74) is 0.642. The molecule has 2 unspecified atom stereocenters. The largest absolute Gasteiger partial charge is 0.388 e. The Bertz CT molecular complexity index is 556. The highest BCUT2D eigenvalue weighted by Crippen LogP contribution is 2.24. The molecular weight excluding hydrogens is 326 g/mol. The maximum atomic E-state index is 12.3. The van der Waals surface area contributed by atoms with Crippen molar-refractivity contribution in [1.82, 2.24) is 4.72 Å². The quantitative estimate of drug-likeness (QED) is 0.826. The standard InChI is InChI=1S/C14H21NO3S3/c1-2-14(16)11-4-3-5-13(8-11)21(17,18)15-9-12-10-19-6-7-20-12/h3-5,8,12,14-16H,2,6-7,9-10H2,1H3. The van der Waals surface area contributed by atoms with Gasteiger partial charge in [-0.25, -0.2) is 13.1 Å². The summed E-state index contributed by atoms with van der Waals surface area (Å²) >= 11 is 3.69. The lowest BCUT2D eigenvalue weighted by Gasteiger charge is -2.21. The molecule has 1 aromatic rings. The predicted molar refractivity (Wildman–Crippen MR) is 90.5 cm³/mol. The van der Waals surface area contributed by atoms with Crippen LogP contribution in [0.2, 0.25) is 0 Å². The summed E-state index contributed by atoms with van der Waals surface area (Å²) in [4.78, 5) is 0.223. The minimum absolute atomic E-state index is 0.223. The van der Waals surface area contributed by atoms with Crippen LogP contribution in [0.15, 0.2) is 29.2 Å². The molecule has 1 aromatic carbocycles. The third kappa shape index (κ3) is 4.89. The van der Waals surface area contributed by atoms with Crippen molar-refractivity contribution in [3.63, 3.8) is 0 Å². The molecule has 118 valence electrons. The number of thioether (sulfide) groups is 2. The van der Waals surface area contributed by atoms with Crippen molar-refractivity contribution < 1.29 is 13.5 Å². The monoisotopic (exact) mass is 347 g/mol. The lowest BCUT2D eigenvalue weighted by atomic mass is 10.1. The summed E-state index contributed by atoms with van der Waals surface area (Å²) < 4.78 is 27.3. The molecule has 1 saturated heterocycles. The average Bonchev–Trinajstić information content (AvgIpc) is 2.53. The first-order valence-corrected chi connectivity index (χ1v) is 10.7. The summed E-state index contributed by atoms with van der Waals surface area (Å²) in [6.45, 7) is 2.32. The summed E-state index contributed by atoms with van der Waals surface area (Å²) in [5, 5.41) is 10.2. The van der Waals surface area contributed by atoms with Gasteiger partial charge in [-0.15, -0.1) is 0 Å². The van der Waals surface area contributed by atoms with Gasteiger partial charge in [-0.2, -0.15) is 23.5 Å². The molecule has 0 aromatic heterocycles. The lowest BCUT2D eigenvalue weighted by molar-refractivity contribution is 0.173. The molecule has 2 atom stereocenters. The van der Waals surface area contributed by atoms with Gasteiger partial charge >= 0.3 is 0 Å². The van der Waals surface area contributed by atoms with Crippen LogP contribution in [0, 0.1) is 0 Å². The zero-order chi connectivity index (χ0) is 15.3. The first-order valence-electron chi connectivity index (χ1n) is 7.00. The van der Waals surface area contributed by atoms with E-state index in [1.54, 1.807) is 24.3 Å². The van der Waals surface area contributed by atoms with Crippen molar-refractivity contribution in [2.75, 3.05) is 23.8 Å². The van der Waals surface area contributed by atoms with Gasteiger partial charge in [0.15, 0.2) is 0 Å². The molecule has 21 heavy (non-hydrogen) atoms. The molecule has 2 N–H and O–H groups in total. The smallest absolute Gasteiger partial charge is 0.240 e. The molecule has 0 aliphatic carbocycles.